The highest BCUT2D eigenvalue weighted by molar-refractivity contribution is 6.14. The van der Waals surface area contributed by atoms with Crippen molar-refractivity contribution in [3.8, 4) is 0 Å². The lowest BCUT2D eigenvalue weighted by Crippen LogP contribution is -2.53. The first-order valence-electron chi connectivity index (χ1n) is 4.14. The number of ether oxygens (including phenoxy) is 1. The first kappa shape index (κ1) is 11.4. The van der Waals surface area contributed by atoms with E-state index in [9.17, 15) is 14.6 Å². The molecule has 0 radical (unpaired) electrons. The number of hydrogen-bond donors (Lipinski definition) is 3. The summed E-state index contributed by atoms with van der Waals surface area (Å²) >= 11 is 0. The molecule has 0 aromatic rings. The molecule has 0 amide bonds. The molecule has 78 valence electrons. The molecule has 0 spiro atoms. The van der Waals surface area contributed by atoms with Crippen LogP contribution in [0.25, 0.3) is 0 Å². The maximum absolute atomic E-state index is 13.7. The van der Waals surface area contributed by atoms with Crippen LogP contribution >= 0.6 is 0 Å². The first-order chi connectivity index (χ1) is 6.39. The summed E-state index contributed by atoms with van der Waals surface area (Å²) in [7, 11) is 0.972. The van der Waals surface area contributed by atoms with Crippen LogP contribution in [0.15, 0.2) is 18.4 Å². The van der Waals surface area contributed by atoms with E-state index in [0.717, 1.165) is 13.9 Å². The fourth-order valence-electron chi connectivity index (χ4n) is 1.50. The SMILES string of the molecule is B[C@]1(F)O[C@H](CO)[C@H](O)C1(O)C=C=C. The van der Waals surface area contributed by atoms with Crippen LogP contribution in [0.3, 0.4) is 0 Å². The molecule has 0 saturated carbocycles. The van der Waals surface area contributed by atoms with Gasteiger partial charge >= 0.3 is 0 Å². The standard InChI is InChI=1S/C8H12BFO4/c1-2-3-7(13)6(12)5(4-11)14-8(7,9)10/h3,5-6,11-13H,1,4,9H2/t5-,6+,7?,8-/m1/s1. The van der Waals surface area contributed by atoms with Crippen LogP contribution in [0.5, 0.6) is 0 Å². The van der Waals surface area contributed by atoms with Crippen molar-refractivity contribution in [2.75, 3.05) is 6.61 Å². The predicted octanol–water partition coefficient (Wildman–Crippen LogP) is -1.93. The van der Waals surface area contributed by atoms with Gasteiger partial charge in [-0.05, 0) is 6.08 Å². The smallest absolute Gasteiger partial charge is 0.202 e. The fourth-order valence-corrected chi connectivity index (χ4v) is 1.50. The van der Waals surface area contributed by atoms with Gasteiger partial charge in [-0.1, -0.05) is 6.58 Å². The highest BCUT2D eigenvalue weighted by Gasteiger charge is 2.61. The number of rotatable bonds is 2. The van der Waals surface area contributed by atoms with Gasteiger partial charge in [-0.3, -0.25) is 0 Å². The van der Waals surface area contributed by atoms with E-state index >= 15 is 0 Å². The Labute approximate surface area is 81.7 Å². The molecule has 1 heterocycles. The van der Waals surface area contributed by atoms with Gasteiger partial charge in [0.15, 0.2) is 13.4 Å². The van der Waals surface area contributed by atoms with Gasteiger partial charge in [-0.15, -0.1) is 5.73 Å². The second-order valence-corrected chi connectivity index (χ2v) is 3.37. The van der Waals surface area contributed by atoms with Crippen molar-refractivity contribution in [1.29, 1.82) is 0 Å². The third kappa shape index (κ3) is 1.41. The molecule has 0 aromatic heterocycles. The van der Waals surface area contributed by atoms with Crippen LogP contribution in [0.1, 0.15) is 0 Å². The Morgan fingerprint density at radius 3 is 2.64 bits per heavy atom. The Hall–Kier alpha value is -0.645. The van der Waals surface area contributed by atoms with Crippen molar-refractivity contribution in [2.45, 2.75) is 23.6 Å². The fraction of sp³-hybridized carbons (Fsp3) is 0.625. The Kier molecular flexibility index (Phi) is 2.85. The van der Waals surface area contributed by atoms with E-state index in [1.807, 2.05) is 0 Å². The molecule has 1 unspecified atom stereocenters. The zero-order chi connectivity index (χ0) is 11.0. The van der Waals surface area contributed by atoms with E-state index in [4.69, 9.17) is 5.11 Å². The quantitative estimate of drug-likeness (QED) is 0.360. The zero-order valence-electron chi connectivity index (χ0n) is 7.77. The third-order valence-corrected chi connectivity index (χ3v) is 2.39. The van der Waals surface area contributed by atoms with Gasteiger partial charge < -0.3 is 20.1 Å². The summed E-state index contributed by atoms with van der Waals surface area (Å²) in [6.45, 7) is 2.61. The van der Waals surface area contributed by atoms with E-state index in [0.29, 0.717) is 0 Å². The summed E-state index contributed by atoms with van der Waals surface area (Å²) in [6, 6.07) is 0. The van der Waals surface area contributed by atoms with E-state index in [2.05, 4.69) is 17.0 Å². The van der Waals surface area contributed by atoms with Crippen molar-refractivity contribution in [1.82, 2.24) is 0 Å². The van der Waals surface area contributed by atoms with Crippen molar-refractivity contribution in [2.24, 2.45) is 0 Å². The molecular weight excluding hydrogens is 190 g/mol. The number of alkyl halides is 1. The summed E-state index contributed by atoms with van der Waals surface area (Å²) in [5, 5.41) is 28.0. The topological polar surface area (TPSA) is 69.9 Å². The van der Waals surface area contributed by atoms with Crippen molar-refractivity contribution in [3.05, 3.63) is 18.4 Å². The lowest BCUT2D eigenvalue weighted by molar-refractivity contribution is -0.144. The summed E-state index contributed by atoms with van der Waals surface area (Å²) in [5.74, 6) is -2.47. The highest BCUT2D eigenvalue weighted by atomic mass is 19.2. The maximum Gasteiger partial charge on any atom is 0.202 e. The largest absolute Gasteiger partial charge is 0.394 e. The van der Waals surface area contributed by atoms with Crippen LogP contribution in [0, 0.1) is 0 Å². The molecular formula is C8H12BFO4. The van der Waals surface area contributed by atoms with Gasteiger partial charge in [-0.2, -0.15) is 0 Å². The van der Waals surface area contributed by atoms with Crippen LogP contribution in [0.4, 0.5) is 4.39 Å². The lowest BCUT2D eigenvalue weighted by atomic mass is 9.78. The maximum atomic E-state index is 13.7. The van der Waals surface area contributed by atoms with E-state index in [1.165, 1.54) is 0 Å². The number of aliphatic hydroxyl groups is 3. The second kappa shape index (κ2) is 3.49. The molecule has 0 aliphatic carbocycles. The monoisotopic (exact) mass is 202 g/mol. The van der Waals surface area contributed by atoms with Crippen molar-refractivity contribution >= 4 is 7.85 Å². The molecule has 1 aliphatic heterocycles. The first-order valence-corrected chi connectivity index (χ1v) is 4.14. The zero-order valence-corrected chi connectivity index (χ0v) is 7.77. The minimum Gasteiger partial charge on any atom is -0.394 e. The molecule has 1 rings (SSSR count). The summed E-state index contributed by atoms with van der Waals surface area (Å²) in [5.41, 5.74) is -0.0259. The van der Waals surface area contributed by atoms with E-state index in [-0.39, 0.29) is 0 Å². The third-order valence-electron chi connectivity index (χ3n) is 2.39. The van der Waals surface area contributed by atoms with Crippen LogP contribution < -0.4 is 0 Å². The summed E-state index contributed by atoms with van der Waals surface area (Å²) in [6.07, 6.45) is -1.80. The van der Waals surface area contributed by atoms with Gasteiger partial charge in [0.1, 0.15) is 12.2 Å². The number of aliphatic hydroxyl groups excluding tert-OH is 2. The molecule has 4 atom stereocenters. The Morgan fingerprint density at radius 2 is 2.29 bits per heavy atom. The van der Waals surface area contributed by atoms with Gasteiger partial charge in [0.25, 0.3) is 0 Å². The molecule has 1 aliphatic rings. The molecule has 3 N–H and O–H groups in total. The Morgan fingerprint density at radius 1 is 1.71 bits per heavy atom. The average molecular weight is 202 g/mol. The average Bonchev–Trinajstić information content (AvgIpc) is 2.27. The van der Waals surface area contributed by atoms with Crippen LogP contribution in [-0.2, 0) is 4.74 Å². The van der Waals surface area contributed by atoms with Gasteiger partial charge in [-0.25, -0.2) is 4.39 Å². The van der Waals surface area contributed by atoms with Gasteiger partial charge in [0.05, 0.1) is 6.61 Å². The van der Waals surface area contributed by atoms with Crippen molar-refractivity contribution < 1.29 is 24.4 Å². The number of halogens is 1. The van der Waals surface area contributed by atoms with E-state index < -0.39 is 30.2 Å². The summed E-state index contributed by atoms with van der Waals surface area (Å²) < 4.78 is 18.4. The minimum atomic E-state index is -2.47. The molecule has 4 nitrogen and oxygen atoms in total. The minimum absolute atomic E-state index is 0.575. The second-order valence-electron chi connectivity index (χ2n) is 3.37. The molecule has 1 fully saturated rings. The highest BCUT2D eigenvalue weighted by Crippen LogP contribution is 2.39. The van der Waals surface area contributed by atoms with Crippen molar-refractivity contribution in [3.63, 3.8) is 0 Å². The normalized spacial score (nSPS) is 47.4. The van der Waals surface area contributed by atoms with Gasteiger partial charge in [0.2, 0.25) is 5.75 Å². The Bertz CT molecular complexity index is 277. The van der Waals surface area contributed by atoms with E-state index in [1.54, 1.807) is 0 Å². The summed E-state index contributed by atoms with van der Waals surface area (Å²) in [4.78, 5) is 0. The molecule has 14 heavy (non-hydrogen) atoms. The lowest BCUT2D eigenvalue weighted by Gasteiger charge is -2.29. The molecule has 0 bridgehead atoms. The van der Waals surface area contributed by atoms with Gasteiger partial charge in [0, 0.05) is 0 Å². The van der Waals surface area contributed by atoms with Crippen LogP contribution in [-0.4, -0.2) is 53.3 Å². The Balaban J connectivity index is 3.09. The predicted molar refractivity (Wildman–Crippen MR) is 49.0 cm³/mol. The molecule has 6 heteroatoms. The number of hydrogen-bond acceptors (Lipinski definition) is 4. The van der Waals surface area contributed by atoms with Crippen LogP contribution in [0.2, 0.25) is 0 Å². The molecule has 1 saturated heterocycles. The molecule has 0 aromatic carbocycles.